The highest BCUT2D eigenvalue weighted by atomic mass is 35.5. The highest BCUT2D eigenvalue weighted by molar-refractivity contribution is 8.18. The molecular weight excluding hydrogens is 416 g/mol. The predicted molar refractivity (Wildman–Crippen MR) is 124 cm³/mol. The molecule has 146 valence electrons. The lowest BCUT2D eigenvalue weighted by atomic mass is 10.1. The van der Waals surface area contributed by atoms with E-state index in [9.17, 15) is 4.79 Å². The molecule has 1 N–H and O–H groups in total. The molecule has 0 bridgehead atoms. The second-order valence-corrected chi connectivity index (χ2v) is 8.13. The van der Waals surface area contributed by atoms with Crippen molar-refractivity contribution in [1.82, 2.24) is 5.32 Å². The molecule has 6 heteroatoms. The van der Waals surface area contributed by atoms with Gasteiger partial charge in [0, 0.05) is 11.6 Å². The number of furan rings is 1. The number of aliphatic imine (C=N–C) groups is 1. The van der Waals surface area contributed by atoms with E-state index >= 15 is 0 Å². The summed E-state index contributed by atoms with van der Waals surface area (Å²) in [5.41, 5.74) is 1.60. The van der Waals surface area contributed by atoms with Gasteiger partial charge in [0.1, 0.15) is 11.5 Å². The van der Waals surface area contributed by atoms with Crippen molar-refractivity contribution >= 4 is 57.0 Å². The van der Waals surface area contributed by atoms with Gasteiger partial charge in [0.2, 0.25) is 0 Å². The minimum absolute atomic E-state index is 0.199. The van der Waals surface area contributed by atoms with E-state index in [0.717, 1.165) is 22.0 Å². The van der Waals surface area contributed by atoms with Gasteiger partial charge < -0.3 is 9.73 Å². The first kappa shape index (κ1) is 18.7. The normalized spacial score (nSPS) is 16.5. The molecule has 4 nitrogen and oxygen atoms in total. The molecule has 1 aliphatic rings. The number of benzene rings is 3. The summed E-state index contributed by atoms with van der Waals surface area (Å²) < 4.78 is 5.87. The maximum Gasteiger partial charge on any atom is 0.264 e. The topological polar surface area (TPSA) is 54.6 Å². The SMILES string of the molecule is O=C1NC(=Nc2ccc3ccccc3c2)SC1=Cc1ccc(-c2ccccc2Cl)o1. The van der Waals surface area contributed by atoms with Crippen LogP contribution in [0, 0.1) is 0 Å². The fourth-order valence-corrected chi connectivity index (χ4v) is 4.26. The summed E-state index contributed by atoms with van der Waals surface area (Å²) in [5.74, 6) is 1.03. The van der Waals surface area contributed by atoms with Crippen molar-refractivity contribution < 1.29 is 9.21 Å². The number of carbonyl (C=O) groups is 1. The van der Waals surface area contributed by atoms with Crippen LogP contribution in [0.3, 0.4) is 0 Å². The zero-order chi connectivity index (χ0) is 20.5. The van der Waals surface area contributed by atoms with Gasteiger partial charge in [-0.15, -0.1) is 0 Å². The van der Waals surface area contributed by atoms with Gasteiger partial charge in [0.15, 0.2) is 5.17 Å². The zero-order valence-corrected chi connectivity index (χ0v) is 17.2. The summed E-state index contributed by atoms with van der Waals surface area (Å²) in [4.78, 5) is 17.5. The number of rotatable bonds is 3. The van der Waals surface area contributed by atoms with E-state index in [-0.39, 0.29) is 5.91 Å². The number of thioether (sulfide) groups is 1. The molecule has 2 heterocycles. The van der Waals surface area contributed by atoms with E-state index in [1.807, 2.05) is 72.8 Å². The van der Waals surface area contributed by atoms with Gasteiger partial charge in [0.05, 0.1) is 15.6 Å². The van der Waals surface area contributed by atoms with Crippen LogP contribution >= 0.6 is 23.4 Å². The smallest absolute Gasteiger partial charge is 0.264 e. The van der Waals surface area contributed by atoms with E-state index < -0.39 is 0 Å². The molecule has 0 aliphatic carbocycles. The van der Waals surface area contributed by atoms with Crippen molar-refractivity contribution in [2.24, 2.45) is 4.99 Å². The lowest BCUT2D eigenvalue weighted by Gasteiger charge is -2.00. The first-order valence-electron chi connectivity index (χ1n) is 9.29. The molecule has 5 rings (SSSR count). The number of amidine groups is 1. The van der Waals surface area contributed by atoms with E-state index in [2.05, 4.69) is 16.4 Å². The Balaban J connectivity index is 1.39. The summed E-state index contributed by atoms with van der Waals surface area (Å²) >= 11 is 7.52. The van der Waals surface area contributed by atoms with Gasteiger partial charge in [-0.3, -0.25) is 4.79 Å². The van der Waals surface area contributed by atoms with Crippen molar-refractivity contribution in [3.8, 4) is 11.3 Å². The number of nitrogens with zero attached hydrogens (tertiary/aromatic N) is 1. The van der Waals surface area contributed by atoms with Gasteiger partial charge in [-0.2, -0.15) is 0 Å². The lowest BCUT2D eigenvalue weighted by Crippen LogP contribution is -2.19. The van der Waals surface area contributed by atoms with Gasteiger partial charge in [-0.25, -0.2) is 4.99 Å². The molecule has 30 heavy (non-hydrogen) atoms. The Morgan fingerprint density at radius 1 is 0.933 bits per heavy atom. The Morgan fingerprint density at radius 2 is 1.73 bits per heavy atom. The van der Waals surface area contributed by atoms with Crippen molar-refractivity contribution in [3.63, 3.8) is 0 Å². The first-order chi connectivity index (χ1) is 14.7. The zero-order valence-electron chi connectivity index (χ0n) is 15.6. The van der Waals surface area contributed by atoms with Crippen LogP contribution in [0.1, 0.15) is 5.76 Å². The number of amides is 1. The summed E-state index contributed by atoms with van der Waals surface area (Å²) in [6, 6.07) is 25.2. The average Bonchev–Trinajstić information content (AvgIpc) is 3.35. The highest BCUT2D eigenvalue weighted by Gasteiger charge is 2.24. The minimum Gasteiger partial charge on any atom is -0.457 e. The molecule has 0 saturated carbocycles. The molecule has 4 aromatic rings. The third kappa shape index (κ3) is 3.77. The molecule has 1 aromatic heterocycles. The van der Waals surface area contributed by atoms with E-state index in [0.29, 0.717) is 26.6 Å². The minimum atomic E-state index is -0.199. The van der Waals surface area contributed by atoms with Crippen LogP contribution in [0.15, 0.2) is 93.2 Å². The Hall–Kier alpha value is -3.28. The fourth-order valence-electron chi connectivity index (χ4n) is 3.21. The molecular formula is C24H15ClN2O2S. The van der Waals surface area contributed by atoms with Crippen molar-refractivity contribution in [3.05, 3.63) is 94.6 Å². The molecule has 1 fully saturated rings. The summed E-state index contributed by atoms with van der Waals surface area (Å²) in [6.07, 6.45) is 1.71. The number of halogens is 1. The molecule has 1 aliphatic heterocycles. The van der Waals surface area contributed by atoms with Crippen LogP contribution < -0.4 is 5.32 Å². The number of nitrogens with one attached hydrogen (secondary N) is 1. The Labute approximate surface area is 182 Å². The molecule has 0 unspecified atom stereocenters. The monoisotopic (exact) mass is 430 g/mol. The highest BCUT2D eigenvalue weighted by Crippen LogP contribution is 2.32. The van der Waals surface area contributed by atoms with Crippen LogP contribution in [-0.2, 0) is 4.79 Å². The largest absolute Gasteiger partial charge is 0.457 e. The van der Waals surface area contributed by atoms with Crippen LogP contribution in [0.5, 0.6) is 0 Å². The number of hydrogen-bond donors (Lipinski definition) is 1. The quantitative estimate of drug-likeness (QED) is 0.370. The standard InChI is InChI=1S/C24H15ClN2O2S/c25-20-8-4-3-7-19(20)21-12-11-18(29-21)14-22-23(28)27-24(30-22)26-17-10-9-15-5-1-2-6-16(15)13-17/h1-14H,(H,26,27,28). The average molecular weight is 431 g/mol. The summed E-state index contributed by atoms with van der Waals surface area (Å²) in [6.45, 7) is 0. The number of fused-ring (bicyclic) bond motifs is 1. The predicted octanol–water partition coefficient (Wildman–Crippen LogP) is 6.64. The van der Waals surface area contributed by atoms with Crippen LogP contribution in [-0.4, -0.2) is 11.1 Å². The molecule has 3 aromatic carbocycles. The van der Waals surface area contributed by atoms with E-state index in [4.69, 9.17) is 16.0 Å². The Kier molecular flexibility index (Phi) is 4.91. The van der Waals surface area contributed by atoms with Gasteiger partial charge in [-0.1, -0.05) is 54.1 Å². The van der Waals surface area contributed by atoms with Crippen LogP contribution in [0.2, 0.25) is 5.02 Å². The molecule has 0 spiro atoms. The molecule has 0 radical (unpaired) electrons. The Morgan fingerprint density at radius 3 is 2.60 bits per heavy atom. The van der Waals surface area contributed by atoms with Crippen molar-refractivity contribution in [2.45, 2.75) is 0 Å². The Bertz CT molecular complexity index is 1340. The molecule has 1 amide bonds. The van der Waals surface area contributed by atoms with Gasteiger partial charge >= 0.3 is 0 Å². The fraction of sp³-hybridized carbons (Fsp3) is 0. The second-order valence-electron chi connectivity index (χ2n) is 6.70. The van der Waals surface area contributed by atoms with Gasteiger partial charge in [-0.05, 0) is 58.9 Å². The van der Waals surface area contributed by atoms with Crippen LogP contribution in [0.4, 0.5) is 5.69 Å². The van der Waals surface area contributed by atoms with Gasteiger partial charge in [0.25, 0.3) is 5.91 Å². The third-order valence-electron chi connectivity index (χ3n) is 4.65. The first-order valence-corrected chi connectivity index (χ1v) is 10.5. The maximum absolute atomic E-state index is 12.4. The van der Waals surface area contributed by atoms with E-state index in [1.54, 1.807) is 6.08 Å². The third-order valence-corrected chi connectivity index (χ3v) is 5.89. The number of carbonyl (C=O) groups excluding carboxylic acids is 1. The molecule has 0 atom stereocenters. The van der Waals surface area contributed by atoms with Crippen molar-refractivity contribution in [1.29, 1.82) is 0 Å². The maximum atomic E-state index is 12.4. The second kappa shape index (κ2) is 7.86. The lowest BCUT2D eigenvalue weighted by molar-refractivity contribution is -0.115. The summed E-state index contributed by atoms with van der Waals surface area (Å²) in [7, 11) is 0. The number of hydrogen-bond acceptors (Lipinski definition) is 4. The van der Waals surface area contributed by atoms with Crippen LogP contribution in [0.25, 0.3) is 28.2 Å². The summed E-state index contributed by atoms with van der Waals surface area (Å²) in [5, 5.41) is 6.22. The molecule has 1 saturated heterocycles. The van der Waals surface area contributed by atoms with Crippen molar-refractivity contribution in [2.75, 3.05) is 0 Å². The van der Waals surface area contributed by atoms with E-state index in [1.165, 1.54) is 11.8 Å².